The van der Waals surface area contributed by atoms with E-state index in [2.05, 4.69) is 10.3 Å². The third-order valence-corrected chi connectivity index (χ3v) is 3.80. The highest BCUT2D eigenvalue weighted by atomic mass is 32.1. The van der Waals surface area contributed by atoms with Crippen LogP contribution in [0.1, 0.15) is 26.7 Å². The molecule has 1 heterocycles. The van der Waals surface area contributed by atoms with Gasteiger partial charge in [0.2, 0.25) is 0 Å². The van der Waals surface area contributed by atoms with Crippen molar-refractivity contribution >= 4 is 35.4 Å². The number of thiazole rings is 1. The largest absolute Gasteiger partial charge is 0.493 e. The van der Waals surface area contributed by atoms with Crippen molar-refractivity contribution in [1.29, 1.82) is 0 Å². The molecular formula is C16H16N2O4S. The van der Waals surface area contributed by atoms with Crippen LogP contribution in [0, 0.1) is 0 Å². The molecule has 0 atom stereocenters. The Labute approximate surface area is 137 Å². The summed E-state index contributed by atoms with van der Waals surface area (Å²) in [6, 6.07) is 7.30. The summed E-state index contributed by atoms with van der Waals surface area (Å²) in [5.74, 6) is -0.439. The zero-order valence-corrected chi connectivity index (χ0v) is 13.3. The Morgan fingerprint density at radius 3 is 2.96 bits per heavy atom. The van der Waals surface area contributed by atoms with Crippen LogP contribution in [0.15, 0.2) is 30.5 Å². The number of rotatable bonds is 7. The third-order valence-electron chi connectivity index (χ3n) is 2.84. The van der Waals surface area contributed by atoms with E-state index in [0.717, 1.165) is 10.6 Å². The maximum absolute atomic E-state index is 11.5. The number of carbonyl (C=O) groups excluding carboxylic acids is 1. The molecule has 0 saturated carbocycles. The number of amides is 1. The first-order chi connectivity index (χ1) is 11.1. The number of hydrogen-bond donors (Lipinski definition) is 2. The predicted octanol–water partition coefficient (Wildman–Crippen LogP) is 2.53. The maximum Gasteiger partial charge on any atom is 0.306 e. The number of aromatic nitrogens is 1. The van der Waals surface area contributed by atoms with Crippen LogP contribution in [0.3, 0.4) is 0 Å². The summed E-state index contributed by atoms with van der Waals surface area (Å²) in [5, 5.41) is 11.9. The lowest BCUT2D eigenvalue weighted by Gasteiger charge is -2.04. The number of carboxylic acid groups (broad SMARTS) is 1. The molecule has 0 aliphatic heterocycles. The first kappa shape index (κ1) is 16.7. The Hall–Kier alpha value is -2.67. The number of nitrogens with zero attached hydrogens (tertiary/aromatic N) is 1. The lowest BCUT2D eigenvalue weighted by atomic mass is 10.2. The van der Waals surface area contributed by atoms with Gasteiger partial charge in [-0.15, -0.1) is 11.3 Å². The molecule has 0 aliphatic carbocycles. The van der Waals surface area contributed by atoms with Gasteiger partial charge in [0.15, 0.2) is 0 Å². The van der Waals surface area contributed by atoms with Crippen molar-refractivity contribution in [3.63, 3.8) is 0 Å². The van der Waals surface area contributed by atoms with Gasteiger partial charge >= 0.3 is 5.97 Å². The minimum absolute atomic E-state index is 0.0402. The van der Waals surface area contributed by atoms with E-state index in [9.17, 15) is 9.59 Å². The number of ether oxygens (including phenoxy) is 1. The summed E-state index contributed by atoms with van der Waals surface area (Å²) >= 11 is 1.30. The Morgan fingerprint density at radius 2 is 2.22 bits per heavy atom. The van der Waals surface area contributed by atoms with Gasteiger partial charge in [0, 0.05) is 7.05 Å². The van der Waals surface area contributed by atoms with Gasteiger partial charge in [-0.2, -0.15) is 0 Å². The van der Waals surface area contributed by atoms with Crippen LogP contribution in [-0.2, 0) is 4.79 Å². The van der Waals surface area contributed by atoms with Crippen LogP contribution >= 0.6 is 11.3 Å². The fraction of sp³-hybridized carbons (Fsp3) is 0.188. The van der Waals surface area contributed by atoms with Crippen molar-refractivity contribution in [1.82, 2.24) is 10.3 Å². The van der Waals surface area contributed by atoms with Gasteiger partial charge in [0.25, 0.3) is 5.91 Å². The van der Waals surface area contributed by atoms with Crippen LogP contribution in [-0.4, -0.2) is 35.6 Å². The summed E-state index contributed by atoms with van der Waals surface area (Å²) in [6.07, 6.45) is 5.17. The average molecular weight is 332 g/mol. The van der Waals surface area contributed by atoms with Crippen molar-refractivity contribution in [3.8, 4) is 5.75 Å². The molecule has 0 spiro atoms. The van der Waals surface area contributed by atoms with Gasteiger partial charge in [-0.1, -0.05) is 18.2 Å². The zero-order chi connectivity index (χ0) is 16.7. The minimum atomic E-state index is -0.892. The molecule has 2 N–H and O–H groups in total. The highest BCUT2D eigenvalue weighted by Gasteiger charge is 2.06. The van der Waals surface area contributed by atoms with Gasteiger partial charge < -0.3 is 15.2 Å². The highest BCUT2D eigenvalue weighted by molar-refractivity contribution is 7.14. The Kier molecular flexibility index (Phi) is 5.87. The SMILES string of the molecule is CNC(=O)c1cnc(/C=C\c2cccc(OCCC(=O)O)c2)s1. The molecule has 23 heavy (non-hydrogen) atoms. The van der Waals surface area contributed by atoms with Gasteiger partial charge in [0.1, 0.15) is 15.6 Å². The summed E-state index contributed by atoms with van der Waals surface area (Å²) in [4.78, 5) is 26.7. The molecule has 2 rings (SSSR count). The second-order valence-corrected chi connectivity index (χ2v) is 5.60. The fourth-order valence-electron chi connectivity index (χ4n) is 1.72. The molecule has 0 aliphatic rings. The van der Waals surface area contributed by atoms with Crippen LogP contribution in [0.5, 0.6) is 5.75 Å². The fourth-order valence-corrected chi connectivity index (χ4v) is 2.49. The van der Waals surface area contributed by atoms with Crippen molar-refractivity contribution in [2.45, 2.75) is 6.42 Å². The minimum Gasteiger partial charge on any atom is -0.493 e. The van der Waals surface area contributed by atoms with Crippen LogP contribution in [0.25, 0.3) is 12.2 Å². The molecule has 7 heteroatoms. The molecule has 1 aromatic carbocycles. The zero-order valence-electron chi connectivity index (χ0n) is 12.5. The summed E-state index contributed by atoms with van der Waals surface area (Å²) in [5.41, 5.74) is 0.898. The monoisotopic (exact) mass is 332 g/mol. The number of hydrogen-bond acceptors (Lipinski definition) is 5. The molecule has 0 radical (unpaired) electrons. The molecule has 1 amide bonds. The molecule has 0 unspecified atom stereocenters. The predicted molar refractivity (Wildman–Crippen MR) is 88.6 cm³/mol. The van der Waals surface area contributed by atoms with Gasteiger partial charge in [0.05, 0.1) is 19.2 Å². The summed E-state index contributed by atoms with van der Waals surface area (Å²) in [7, 11) is 1.58. The van der Waals surface area contributed by atoms with Crippen LogP contribution in [0.4, 0.5) is 0 Å². The second-order valence-electron chi connectivity index (χ2n) is 4.54. The van der Waals surface area contributed by atoms with Gasteiger partial charge in [-0.3, -0.25) is 9.59 Å². The molecular weight excluding hydrogens is 316 g/mol. The van der Waals surface area contributed by atoms with Crippen molar-refractivity contribution < 1.29 is 19.4 Å². The Morgan fingerprint density at radius 1 is 1.39 bits per heavy atom. The lowest BCUT2D eigenvalue weighted by Crippen LogP contribution is -2.16. The van der Waals surface area contributed by atoms with E-state index < -0.39 is 5.97 Å². The van der Waals surface area contributed by atoms with E-state index in [1.807, 2.05) is 30.4 Å². The van der Waals surface area contributed by atoms with E-state index in [1.54, 1.807) is 13.1 Å². The topological polar surface area (TPSA) is 88.5 Å². The third kappa shape index (κ3) is 5.23. The summed E-state index contributed by atoms with van der Waals surface area (Å²) in [6.45, 7) is 0.129. The Bertz CT molecular complexity index is 724. The highest BCUT2D eigenvalue weighted by Crippen LogP contribution is 2.18. The lowest BCUT2D eigenvalue weighted by molar-refractivity contribution is -0.137. The second kappa shape index (κ2) is 8.09. The molecule has 1 aromatic heterocycles. The number of carbonyl (C=O) groups is 2. The molecule has 0 bridgehead atoms. The summed E-state index contributed by atoms with van der Waals surface area (Å²) < 4.78 is 5.38. The van der Waals surface area contributed by atoms with Crippen molar-refractivity contribution in [2.75, 3.05) is 13.7 Å². The molecule has 6 nitrogen and oxygen atoms in total. The van der Waals surface area contributed by atoms with E-state index in [1.165, 1.54) is 17.5 Å². The number of nitrogens with one attached hydrogen (secondary N) is 1. The molecule has 0 fully saturated rings. The van der Waals surface area contributed by atoms with Crippen molar-refractivity contribution in [3.05, 3.63) is 45.9 Å². The van der Waals surface area contributed by atoms with Crippen molar-refractivity contribution in [2.24, 2.45) is 0 Å². The normalized spacial score (nSPS) is 10.7. The van der Waals surface area contributed by atoms with Gasteiger partial charge in [-0.25, -0.2) is 4.98 Å². The first-order valence-electron chi connectivity index (χ1n) is 6.89. The first-order valence-corrected chi connectivity index (χ1v) is 7.71. The average Bonchev–Trinajstić information content (AvgIpc) is 3.01. The number of benzene rings is 1. The van der Waals surface area contributed by atoms with E-state index in [0.29, 0.717) is 10.6 Å². The Balaban J connectivity index is 2.00. The van der Waals surface area contributed by atoms with E-state index in [4.69, 9.17) is 9.84 Å². The molecule has 2 aromatic rings. The van der Waals surface area contributed by atoms with Crippen LogP contribution < -0.4 is 10.1 Å². The van der Waals surface area contributed by atoms with Gasteiger partial charge in [-0.05, 0) is 23.8 Å². The van der Waals surface area contributed by atoms with E-state index >= 15 is 0 Å². The number of aliphatic carboxylic acids is 1. The standard InChI is InChI=1S/C16H16N2O4S/c1-17-16(21)13-10-18-14(23-13)6-5-11-3-2-4-12(9-11)22-8-7-15(19)20/h2-6,9-10H,7-8H2,1H3,(H,17,21)(H,19,20)/b6-5-. The van der Waals surface area contributed by atoms with Crippen LogP contribution in [0.2, 0.25) is 0 Å². The molecule has 120 valence electrons. The smallest absolute Gasteiger partial charge is 0.306 e. The quantitative estimate of drug-likeness (QED) is 0.813. The van der Waals surface area contributed by atoms with E-state index in [-0.39, 0.29) is 18.9 Å². The number of carboxylic acids is 1. The maximum atomic E-state index is 11.5. The molecule has 0 saturated heterocycles.